The average Bonchev–Trinajstić information content (AvgIpc) is 3.35. The Morgan fingerprint density at radius 1 is 1.09 bits per heavy atom. The molecule has 188 valence electrons. The van der Waals surface area contributed by atoms with Crippen LogP contribution in [0.2, 0.25) is 0 Å². The van der Waals surface area contributed by atoms with Crippen LogP contribution in [0.1, 0.15) is 36.9 Å². The molecule has 1 atom stereocenters. The molecule has 1 aliphatic heterocycles. The minimum Gasteiger partial charge on any atom is -0.497 e. The third-order valence-electron chi connectivity index (χ3n) is 5.77. The molecule has 2 aromatic carbocycles. The lowest BCUT2D eigenvalue weighted by atomic mass is 9.98. The van der Waals surface area contributed by atoms with Gasteiger partial charge in [-0.2, -0.15) is 5.10 Å². The van der Waals surface area contributed by atoms with Gasteiger partial charge < -0.3 is 24.4 Å². The highest BCUT2D eigenvalue weighted by Gasteiger charge is 2.34. The number of benzene rings is 2. The van der Waals surface area contributed by atoms with Crippen molar-refractivity contribution in [2.45, 2.75) is 25.8 Å². The normalized spacial score (nSPS) is 14.9. The van der Waals surface area contributed by atoms with Crippen molar-refractivity contribution in [3.63, 3.8) is 0 Å². The van der Waals surface area contributed by atoms with Gasteiger partial charge in [0.1, 0.15) is 18.0 Å². The molecule has 0 aliphatic carbocycles. The maximum atomic E-state index is 13.5. The molecular formula is C26H34N4O5. The van der Waals surface area contributed by atoms with E-state index in [1.807, 2.05) is 55.5 Å². The first kappa shape index (κ1) is 26.0. The molecular weight excluding hydrogens is 448 g/mol. The number of methoxy groups -OCH3 is 3. The maximum Gasteiger partial charge on any atom is 0.317 e. The summed E-state index contributed by atoms with van der Waals surface area (Å²) in [6.45, 7) is 3.02. The van der Waals surface area contributed by atoms with Crippen molar-refractivity contribution in [1.82, 2.24) is 15.2 Å². The lowest BCUT2D eigenvalue weighted by Gasteiger charge is -2.27. The van der Waals surface area contributed by atoms with Gasteiger partial charge in [-0.1, -0.05) is 31.2 Å². The van der Waals surface area contributed by atoms with Crippen LogP contribution >= 0.6 is 0 Å². The molecule has 0 radical (unpaired) electrons. The molecule has 0 bridgehead atoms. The van der Waals surface area contributed by atoms with Gasteiger partial charge in [0.25, 0.3) is 5.91 Å². The van der Waals surface area contributed by atoms with Gasteiger partial charge in [0.05, 0.1) is 32.6 Å². The highest BCUT2D eigenvalue weighted by Crippen LogP contribution is 2.34. The summed E-state index contributed by atoms with van der Waals surface area (Å²) in [6.07, 6.45) is 1.34. The van der Waals surface area contributed by atoms with E-state index in [4.69, 9.17) is 19.3 Å². The first-order valence-corrected chi connectivity index (χ1v) is 11.7. The van der Waals surface area contributed by atoms with Crippen LogP contribution in [0.3, 0.4) is 0 Å². The van der Waals surface area contributed by atoms with Gasteiger partial charge in [-0.15, -0.1) is 0 Å². The Labute approximate surface area is 206 Å². The van der Waals surface area contributed by atoms with E-state index in [9.17, 15) is 9.59 Å². The molecule has 9 heteroatoms. The van der Waals surface area contributed by atoms with Gasteiger partial charge >= 0.3 is 6.03 Å². The zero-order chi connectivity index (χ0) is 25.2. The summed E-state index contributed by atoms with van der Waals surface area (Å²) >= 11 is 0. The van der Waals surface area contributed by atoms with E-state index < -0.39 is 0 Å². The van der Waals surface area contributed by atoms with E-state index in [0.717, 1.165) is 29.0 Å². The zero-order valence-electron chi connectivity index (χ0n) is 20.8. The number of ether oxygens (including phenoxy) is 3. The lowest BCUT2D eigenvalue weighted by Crippen LogP contribution is -2.47. The van der Waals surface area contributed by atoms with E-state index >= 15 is 0 Å². The summed E-state index contributed by atoms with van der Waals surface area (Å²) in [5, 5.41) is 9.04. The first-order valence-electron chi connectivity index (χ1n) is 11.7. The van der Waals surface area contributed by atoms with Crippen LogP contribution in [-0.4, -0.2) is 75.1 Å². The number of hydrogen-bond acceptors (Lipinski definition) is 6. The Bertz CT molecular complexity index is 1020. The first-order chi connectivity index (χ1) is 17.0. The Kier molecular flexibility index (Phi) is 9.48. The second kappa shape index (κ2) is 12.8. The summed E-state index contributed by atoms with van der Waals surface area (Å²) in [5.74, 6) is 1.18. The predicted octanol–water partition coefficient (Wildman–Crippen LogP) is 3.45. The van der Waals surface area contributed by atoms with E-state index in [-0.39, 0.29) is 24.5 Å². The van der Waals surface area contributed by atoms with Crippen LogP contribution < -0.4 is 14.8 Å². The molecule has 1 aliphatic rings. The molecule has 0 fully saturated rings. The molecule has 1 N–H and O–H groups in total. The highest BCUT2D eigenvalue weighted by atomic mass is 16.5. The number of rotatable bonds is 11. The number of urea groups is 1. The van der Waals surface area contributed by atoms with Crippen molar-refractivity contribution in [3.05, 3.63) is 59.7 Å². The number of carbonyl (C=O) groups is 2. The summed E-state index contributed by atoms with van der Waals surface area (Å²) < 4.78 is 15.8. The van der Waals surface area contributed by atoms with Gasteiger partial charge in [-0.25, -0.2) is 9.80 Å². The molecule has 0 saturated carbocycles. The summed E-state index contributed by atoms with van der Waals surface area (Å²) in [7, 11) is 4.79. The van der Waals surface area contributed by atoms with Gasteiger partial charge in [0, 0.05) is 32.2 Å². The minimum atomic E-state index is -0.308. The van der Waals surface area contributed by atoms with Gasteiger partial charge in [0.15, 0.2) is 0 Å². The monoisotopic (exact) mass is 482 g/mol. The van der Waals surface area contributed by atoms with Gasteiger partial charge in [0.2, 0.25) is 0 Å². The van der Waals surface area contributed by atoms with Crippen molar-refractivity contribution in [1.29, 1.82) is 0 Å². The molecule has 3 amide bonds. The topological polar surface area (TPSA) is 92.7 Å². The number of hydrazone groups is 1. The zero-order valence-corrected chi connectivity index (χ0v) is 20.8. The number of hydrogen-bond donors (Lipinski definition) is 1. The van der Waals surface area contributed by atoms with Crippen LogP contribution in [0.15, 0.2) is 53.6 Å². The highest BCUT2D eigenvalue weighted by molar-refractivity contribution is 6.03. The van der Waals surface area contributed by atoms with Crippen molar-refractivity contribution in [3.8, 4) is 11.5 Å². The van der Waals surface area contributed by atoms with E-state index in [2.05, 4.69) is 5.32 Å². The van der Waals surface area contributed by atoms with Crippen LogP contribution in [-0.2, 0) is 9.53 Å². The Morgan fingerprint density at radius 2 is 1.83 bits per heavy atom. The Morgan fingerprint density at radius 3 is 2.49 bits per heavy atom. The second-order valence-corrected chi connectivity index (χ2v) is 8.16. The van der Waals surface area contributed by atoms with Crippen molar-refractivity contribution in [2.24, 2.45) is 5.10 Å². The fourth-order valence-corrected chi connectivity index (χ4v) is 3.84. The van der Waals surface area contributed by atoms with Gasteiger partial charge in [-0.05, 0) is 36.2 Å². The van der Waals surface area contributed by atoms with Crippen LogP contribution in [0.25, 0.3) is 0 Å². The van der Waals surface area contributed by atoms with E-state index in [0.29, 0.717) is 31.9 Å². The van der Waals surface area contributed by atoms with Crippen LogP contribution in [0.4, 0.5) is 4.79 Å². The second-order valence-electron chi connectivity index (χ2n) is 8.16. The molecule has 0 aromatic heterocycles. The van der Waals surface area contributed by atoms with Crippen molar-refractivity contribution in [2.75, 3.05) is 47.6 Å². The Balaban J connectivity index is 1.89. The SMILES string of the molecule is CCCNC(=O)N(CCOC)CC(=O)N1N=C(c2cccc(OC)c2)C[C@@H]1c1ccc(OC)cc1. The third kappa shape index (κ3) is 6.73. The number of nitrogens with zero attached hydrogens (tertiary/aromatic N) is 3. The molecule has 9 nitrogen and oxygen atoms in total. The predicted molar refractivity (Wildman–Crippen MR) is 134 cm³/mol. The average molecular weight is 483 g/mol. The van der Waals surface area contributed by atoms with Crippen LogP contribution in [0.5, 0.6) is 11.5 Å². The van der Waals surface area contributed by atoms with Crippen LogP contribution in [0, 0.1) is 0 Å². The largest absolute Gasteiger partial charge is 0.497 e. The van der Waals surface area contributed by atoms with E-state index in [1.165, 1.54) is 9.91 Å². The summed E-state index contributed by atoms with van der Waals surface area (Å²) in [4.78, 5) is 27.6. The fourth-order valence-electron chi connectivity index (χ4n) is 3.84. The van der Waals surface area contributed by atoms with Gasteiger partial charge in [-0.3, -0.25) is 4.79 Å². The molecule has 1 heterocycles. The summed E-state index contributed by atoms with van der Waals surface area (Å²) in [5.41, 5.74) is 2.59. The fraction of sp³-hybridized carbons (Fsp3) is 0.423. The third-order valence-corrected chi connectivity index (χ3v) is 5.77. The minimum absolute atomic E-state index is 0.111. The van der Waals surface area contributed by atoms with Crippen molar-refractivity contribution >= 4 is 17.6 Å². The lowest BCUT2D eigenvalue weighted by molar-refractivity contribution is -0.133. The van der Waals surface area contributed by atoms with E-state index in [1.54, 1.807) is 21.3 Å². The summed E-state index contributed by atoms with van der Waals surface area (Å²) in [6, 6.07) is 14.6. The molecule has 0 saturated heterocycles. The molecule has 0 spiro atoms. The Hall–Kier alpha value is -3.59. The smallest absolute Gasteiger partial charge is 0.317 e. The molecule has 0 unspecified atom stereocenters. The number of nitrogens with one attached hydrogen (secondary N) is 1. The number of carbonyl (C=O) groups excluding carboxylic acids is 2. The molecule has 35 heavy (non-hydrogen) atoms. The molecule has 3 rings (SSSR count). The quantitative estimate of drug-likeness (QED) is 0.530. The number of amides is 3. The maximum absolute atomic E-state index is 13.5. The molecule has 2 aromatic rings. The van der Waals surface area contributed by atoms with Crippen molar-refractivity contribution < 1.29 is 23.8 Å². The standard InChI is InChI=1S/C26H34N4O5/c1-5-13-27-26(32)29(14-15-33-2)18-25(31)30-24(19-9-11-21(34-3)12-10-19)17-23(28-30)20-7-6-8-22(16-20)35-4/h6-12,16,24H,5,13-15,17-18H2,1-4H3,(H,27,32)/t24-/m1/s1.